The van der Waals surface area contributed by atoms with E-state index in [1.165, 1.54) is 4.90 Å². The smallest absolute Gasteiger partial charge is 0.244 e. The molecule has 9 heteroatoms. The molecule has 208 valence electrons. The van der Waals surface area contributed by atoms with Gasteiger partial charge in [-0.1, -0.05) is 42.5 Å². The molecule has 8 nitrogen and oxygen atoms in total. The lowest BCUT2D eigenvalue weighted by molar-refractivity contribution is -0.140. The first kappa shape index (κ1) is 29.7. The van der Waals surface area contributed by atoms with Gasteiger partial charge in [0.05, 0.1) is 11.9 Å². The Bertz CT molecular complexity index is 1380. The van der Waals surface area contributed by atoms with Crippen molar-refractivity contribution in [2.45, 2.75) is 52.7 Å². The standard InChI is InChI=1S/C30H37N3O5S/c1-22-12-10-11-13-24(22)20-32(23(2)29(35)31-30(3,4)5)28(34)21-33(39(6,36)37)25-16-18-27(19-17-25)38-26-14-8-7-9-15-26/h7-19,23H,20-21H2,1-6H3,(H,31,35). The second-order valence-corrected chi connectivity index (χ2v) is 12.4. The molecule has 3 aromatic rings. The molecule has 1 atom stereocenters. The topological polar surface area (TPSA) is 96.0 Å². The van der Waals surface area contributed by atoms with Crippen molar-refractivity contribution < 1.29 is 22.7 Å². The molecule has 0 aliphatic carbocycles. The number of ether oxygens (including phenoxy) is 1. The number of carbonyl (C=O) groups excluding carboxylic acids is 2. The van der Waals surface area contributed by atoms with Gasteiger partial charge in [0.25, 0.3) is 0 Å². The van der Waals surface area contributed by atoms with E-state index in [2.05, 4.69) is 5.32 Å². The highest BCUT2D eigenvalue weighted by atomic mass is 32.2. The number of nitrogens with zero attached hydrogens (tertiary/aromatic N) is 2. The summed E-state index contributed by atoms with van der Waals surface area (Å²) < 4.78 is 32.5. The number of para-hydroxylation sites is 1. The van der Waals surface area contributed by atoms with Gasteiger partial charge in [0.1, 0.15) is 24.1 Å². The Morgan fingerprint density at radius 3 is 2.03 bits per heavy atom. The van der Waals surface area contributed by atoms with Gasteiger partial charge in [-0.2, -0.15) is 0 Å². The Morgan fingerprint density at radius 1 is 0.897 bits per heavy atom. The van der Waals surface area contributed by atoms with Crippen LogP contribution >= 0.6 is 0 Å². The Labute approximate surface area is 231 Å². The van der Waals surface area contributed by atoms with E-state index < -0.39 is 34.1 Å². The van der Waals surface area contributed by atoms with Crippen molar-refractivity contribution in [3.05, 3.63) is 90.0 Å². The molecule has 0 heterocycles. The lowest BCUT2D eigenvalue weighted by atomic mass is 10.1. The summed E-state index contributed by atoms with van der Waals surface area (Å²) in [7, 11) is -3.83. The summed E-state index contributed by atoms with van der Waals surface area (Å²) in [5, 5.41) is 2.92. The summed E-state index contributed by atoms with van der Waals surface area (Å²) in [6.07, 6.45) is 1.05. The first-order chi connectivity index (χ1) is 18.2. The molecule has 0 aliphatic rings. The van der Waals surface area contributed by atoms with E-state index in [9.17, 15) is 18.0 Å². The first-order valence-electron chi connectivity index (χ1n) is 12.7. The number of anilines is 1. The van der Waals surface area contributed by atoms with Crippen LogP contribution in [0.25, 0.3) is 0 Å². The number of nitrogens with one attached hydrogen (secondary N) is 1. The van der Waals surface area contributed by atoms with Gasteiger partial charge in [0.2, 0.25) is 21.8 Å². The highest BCUT2D eigenvalue weighted by Crippen LogP contribution is 2.26. The van der Waals surface area contributed by atoms with Crippen molar-refractivity contribution in [1.29, 1.82) is 0 Å². The summed E-state index contributed by atoms with van der Waals surface area (Å²) in [4.78, 5) is 28.2. The van der Waals surface area contributed by atoms with Crippen LogP contribution in [0.1, 0.15) is 38.8 Å². The zero-order valence-electron chi connectivity index (χ0n) is 23.3. The van der Waals surface area contributed by atoms with Crippen LogP contribution in [-0.4, -0.2) is 49.5 Å². The fourth-order valence-electron chi connectivity index (χ4n) is 3.95. The minimum absolute atomic E-state index is 0.158. The fourth-order valence-corrected chi connectivity index (χ4v) is 4.80. The summed E-state index contributed by atoms with van der Waals surface area (Å²) in [5.41, 5.74) is 1.65. The van der Waals surface area contributed by atoms with Gasteiger partial charge < -0.3 is 15.0 Å². The number of amides is 2. The van der Waals surface area contributed by atoms with Crippen LogP contribution in [0, 0.1) is 6.92 Å². The number of rotatable bonds is 10. The minimum atomic E-state index is -3.83. The molecule has 3 rings (SSSR count). The molecule has 1 N–H and O–H groups in total. The van der Waals surface area contributed by atoms with Crippen molar-refractivity contribution >= 4 is 27.5 Å². The highest BCUT2D eigenvalue weighted by molar-refractivity contribution is 7.92. The minimum Gasteiger partial charge on any atom is -0.457 e. The van der Waals surface area contributed by atoms with Crippen molar-refractivity contribution in [2.75, 3.05) is 17.1 Å². The van der Waals surface area contributed by atoms with Crippen LogP contribution in [0.4, 0.5) is 5.69 Å². The number of carbonyl (C=O) groups is 2. The lowest BCUT2D eigenvalue weighted by Gasteiger charge is -2.33. The average molecular weight is 552 g/mol. The molecule has 0 spiro atoms. The van der Waals surface area contributed by atoms with Gasteiger partial charge in [-0.25, -0.2) is 8.42 Å². The second-order valence-electron chi connectivity index (χ2n) is 10.5. The monoisotopic (exact) mass is 551 g/mol. The Hall–Kier alpha value is -3.85. The molecule has 2 amide bonds. The molecule has 0 radical (unpaired) electrons. The lowest BCUT2D eigenvalue weighted by Crippen LogP contribution is -2.54. The third kappa shape index (κ3) is 8.58. The van der Waals surface area contributed by atoms with Crippen LogP contribution in [0.2, 0.25) is 0 Å². The zero-order chi connectivity index (χ0) is 28.8. The fraction of sp³-hybridized carbons (Fsp3) is 0.333. The van der Waals surface area contributed by atoms with E-state index in [1.54, 1.807) is 31.2 Å². The quantitative estimate of drug-likeness (QED) is 0.387. The van der Waals surface area contributed by atoms with E-state index in [-0.39, 0.29) is 12.5 Å². The predicted molar refractivity (Wildman–Crippen MR) is 154 cm³/mol. The molecular weight excluding hydrogens is 514 g/mol. The van der Waals surface area contributed by atoms with Crippen molar-refractivity contribution in [2.24, 2.45) is 0 Å². The molecule has 0 aromatic heterocycles. The third-order valence-electron chi connectivity index (χ3n) is 6.05. The van der Waals surface area contributed by atoms with Crippen LogP contribution < -0.4 is 14.4 Å². The van der Waals surface area contributed by atoms with E-state index in [1.807, 2.05) is 82.3 Å². The summed E-state index contributed by atoms with van der Waals surface area (Å²) in [5.74, 6) is 0.357. The molecule has 3 aromatic carbocycles. The maximum atomic E-state index is 13.7. The Kier molecular flexibility index (Phi) is 9.40. The van der Waals surface area contributed by atoms with Crippen LogP contribution in [0.15, 0.2) is 78.9 Å². The molecule has 39 heavy (non-hydrogen) atoms. The zero-order valence-corrected chi connectivity index (χ0v) is 24.2. The Morgan fingerprint density at radius 2 is 1.46 bits per heavy atom. The normalized spacial score (nSPS) is 12.4. The maximum absolute atomic E-state index is 13.7. The SMILES string of the molecule is Cc1ccccc1CN(C(=O)CN(c1ccc(Oc2ccccc2)cc1)S(C)(=O)=O)C(C)C(=O)NC(C)(C)C. The number of benzene rings is 3. The second kappa shape index (κ2) is 12.3. The number of sulfonamides is 1. The van der Waals surface area contributed by atoms with Crippen LogP contribution in [0.3, 0.4) is 0 Å². The van der Waals surface area contributed by atoms with Gasteiger partial charge in [0.15, 0.2) is 0 Å². The third-order valence-corrected chi connectivity index (χ3v) is 7.19. The van der Waals surface area contributed by atoms with Crippen LogP contribution in [0.5, 0.6) is 11.5 Å². The number of hydrogen-bond acceptors (Lipinski definition) is 5. The van der Waals surface area contributed by atoms with E-state index in [0.29, 0.717) is 17.2 Å². The summed E-state index contributed by atoms with van der Waals surface area (Å²) >= 11 is 0. The Balaban J connectivity index is 1.88. The highest BCUT2D eigenvalue weighted by Gasteiger charge is 2.31. The van der Waals surface area contributed by atoms with E-state index >= 15 is 0 Å². The molecule has 0 bridgehead atoms. The van der Waals surface area contributed by atoms with Gasteiger partial charge in [0, 0.05) is 12.1 Å². The molecular formula is C30H37N3O5S. The largest absolute Gasteiger partial charge is 0.457 e. The van der Waals surface area contributed by atoms with Gasteiger partial charge in [-0.05, 0) is 82.1 Å². The van der Waals surface area contributed by atoms with Crippen molar-refractivity contribution in [3.8, 4) is 11.5 Å². The molecule has 1 unspecified atom stereocenters. The summed E-state index contributed by atoms with van der Waals surface area (Å²) in [6, 6.07) is 22.5. The molecule has 0 saturated carbocycles. The van der Waals surface area contributed by atoms with Gasteiger partial charge >= 0.3 is 0 Å². The molecule has 0 saturated heterocycles. The summed E-state index contributed by atoms with van der Waals surface area (Å²) in [6.45, 7) is 8.87. The first-order valence-corrected chi connectivity index (χ1v) is 14.6. The van der Waals surface area contributed by atoms with Gasteiger partial charge in [-0.15, -0.1) is 0 Å². The van der Waals surface area contributed by atoms with Crippen molar-refractivity contribution in [3.63, 3.8) is 0 Å². The number of hydrogen-bond donors (Lipinski definition) is 1. The maximum Gasteiger partial charge on any atom is 0.244 e. The predicted octanol–water partition coefficient (Wildman–Crippen LogP) is 4.89. The molecule has 0 aliphatic heterocycles. The average Bonchev–Trinajstić information content (AvgIpc) is 2.86. The van der Waals surface area contributed by atoms with E-state index in [4.69, 9.17) is 4.74 Å². The number of aryl methyl sites for hydroxylation is 1. The van der Waals surface area contributed by atoms with Crippen LogP contribution in [-0.2, 0) is 26.2 Å². The van der Waals surface area contributed by atoms with E-state index in [0.717, 1.165) is 21.7 Å². The van der Waals surface area contributed by atoms with Crippen molar-refractivity contribution in [1.82, 2.24) is 10.2 Å². The molecule has 0 fully saturated rings. The van der Waals surface area contributed by atoms with Gasteiger partial charge in [-0.3, -0.25) is 13.9 Å².